The molecule has 3 rings (SSSR count). The lowest BCUT2D eigenvalue weighted by Crippen LogP contribution is -2.37. The Labute approximate surface area is 144 Å². The van der Waals surface area contributed by atoms with Crippen molar-refractivity contribution in [1.29, 1.82) is 0 Å². The molecule has 2 radical (unpaired) electrons. The molecule has 0 bridgehead atoms. The summed E-state index contributed by atoms with van der Waals surface area (Å²) in [5.41, 5.74) is 2.34. The molecule has 24 heavy (non-hydrogen) atoms. The molecule has 0 saturated carbocycles. The summed E-state index contributed by atoms with van der Waals surface area (Å²) in [6.45, 7) is 4.36. The van der Waals surface area contributed by atoms with Crippen LogP contribution in [0.5, 0.6) is 0 Å². The first kappa shape index (κ1) is 16.8. The van der Waals surface area contributed by atoms with Crippen LogP contribution < -0.4 is 5.19 Å². The average molecular weight is 336 g/mol. The lowest BCUT2D eigenvalue weighted by atomic mass is 9.77. The van der Waals surface area contributed by atoms with Gasteiger partial charge in [-0.25, -0.2) is 0 Å². The minimum Gasteiger partial charge on any atom is -0.373 e. The Bertz CT molecular complexity index is 758. The van der Waals surface area contributed by atoms with Crippen LogP contribution in [0, 0.1) is 12.8 Å². The molecule has 0 fully saturated rings. The Hall–Kier alpha value is -2.04. The number of hydrogen-bond donors (Lipinski definition) is 0. The van der Waals surface area contributed by atoms with Crippen LogP contribution in [0.1, 0.15) is 12.5 Å². The third-order valence-corrected chi connectivity index (χ3v) is 5.46. The van der Waals surface area contributed by atoms with E-state index in [2.05, 4.69) is 31.2 Å². The number of hydrogen-bond acceptors (Lipinski definition) is 3. The van der Waals surface area contributed by atoms with Crippen molar-refractivity contribution in [3.8, 4) is 0 Å². The zero-order chi connectivity index (χ0) is 17.1. The summed E-state index contributed by atoms with van der Waals surface area (Å²) in [6, 6.07) is 9.39. The van der Waals surface area contributed by atoms with Gasteiger partial charge in [-0.15, -0.1) is 0 Å². The molecule has 2 aliphatic rings. The summed E-state index contributed by atoms with van der Waals surface area (Å²) in [4.78, 5) is 24.5. The van der Waals surface area contributed by atoms with Gasteiger partial charge in [0.25, 0.3) is 0 Å². The molecule has 122 valence electrons. The molecule has 0 aliphatic heterocycles. The van der Waals surface area contributed by atoms with Crippen LogP contribution in [0.3, 0.4) is 0 Å². The minimum absolute atomic E-state index is 0.0335. The highest BCUT2D eigenvalue weighted by molar-refractivity contribution is 6.53. The maximum absolute atomic E-state index is 12.3. The predicted octanol–water partition coefficient (Wildman–Crippen LogP) is 2.34. The van der Waals surface area contributed by atoms with E-state index < -0.39 is 5.92 Å². The van der Waals surface area contributed by atoms with Crippen LogP contribution in [0.15, 0.2) is 59.7 Å². The highest BCUT2D eigenvalue weighted by Gasteiger charge is 2.38. The normalized spacial score (nSPS) is 22.9. The van der Waals surface area contributed by atoms with Crippen LogP contribution in [0.4, 0.5) is 0 Å². The minimum atomic E-state index is -0.478. The largest absolute Gasteiger partial charge is 0.373 e. The van der Waals surface area contributed by atoms with E-state index in [1.165, 1.54) is 16.8 Å². The van der Waals surface area contributed by atoms with Crippen molar-refractivity contribution in [2.24, 2.45) is 5.92 Å². The van der Waals surface area contributed by atoms with Gasteiger partial charge < -0.3 is 4.74 Å². The van der Waals surface area contributed by atoms with Crippen molar-refractivity contribution in [1.82, 2.24) is 0 Å². The summed E-state index contributed by atoms with van der Waals surface area (Å²) in [6.07, 6.45) is 6.56. The van der Waals surface area contributed by atoms with Crippen molar-refractivity contribution >= 4 is 26.3 Å². The van der Waals surface area contributed by atoms with Crippen molar-refractivity contribution < 1.29 is 14.3 Å². The van der Waals surface area contributed by atoms with Gasteiger partial charge in [-0.1, -0.05) is 53.2 Å². The van der Waals surface area contributed by atoms with Crippen molar-refractivity contribution in [3.05, 3.63) is 65.3 Å². The molecule has 2 aliphatic carbocycles. The Kier molecular flexibility index (Phi) is 5.07. The van der Waals surface area contributed by atoms with E-state index in [1.54, 1.807) is 13.0 Å². The van der Waals surface area contributed by atoms with Gasteiger partial charge >= 0.3 is 0 Å². The van der Waals surface area contributed by atoms with Gasteiger partial charge in [0.15, 0.2) is 11.6 Å². The number of aryl methyl sites for hydroxylation is 1. The second-order valence-electron chi connectivity index (χ2n) is 6.18. The second kappa shape index (κ2) is 7.24. The number of rotatable bonds is 5. The zero-order valence-corrected chi connectivity index (χ0v) is 14.9. The van der Waals surface area contributed by atoms with E-state index in [9.17, 15) is 9.59 Å². The van der Waals surface area contributed by atoms with E-state index in [1.807, 2.05) is 12.2 Å². The number of carbonyl (C=O) groups is 2. The van der Waals surface area contributed by atoms with E-state index in [0.717, 1.165) is 6.04 Å². The highest BCUT2D eigenvalue weighted by Crippen LogP contribution is 2.31. The highest BCUT2D eigenvalue weighted by atomic mass is 28.2. The molecule has 2 unspecified atom stereocenters. The molecule has 0 aromatic heterocycles. The van der Waals surface area contributed by atoms with Gasteiger partial charge in [0.1, 0.15) is 0 Å². The second-order valence-corrected chi connectivity index (χ2v) is 7.61. The Morgan fingerprint density at radius 3 is 2.83 bits per heavy atom. The lowest BCUT2D eigenvalue weighted by molar-refractivity contribution is -0.124. The molecular weight excluding hydrogens is 316 g/mol. The van der Waals surface area contributed by atoms with Crippen molar-refractivity contribution in [3.63, 3.8) is 0 Å². The van der Waals surface area contributed by atoms with E-state index in [0.29, 0.717) is 27.3 Å². The lowest BCUT2D eigenvalue weighted by Gasteiger charge is -2.30. The number of ketones is 2. The summed E-state index contributed by atoms with van der Waals surface area (Å²) < 4.78 is 5.94. The van der Waals surface area contributed by atoms with Crippen molar-refractivity contribution in [2.75, 3.05) is 6.61 Å². The molecule has 0 spiro atoms. The number of Topliss-reactive ketones (excluding diaryl/α,β-unsaturated/α-hetero) is 1. The number of allylic oxidation sites excluding steroid dienone is 4. The van der Waals surface area contributed by atoms with Crippen LogP contribution in [-0.4, -0.2) is 33.8 Å². The molecule has 0 saturated heterocycles. The molecule has 0 N–H and O–H groups in total. The SMILES string of the molecule is CC1=CC(=O)C2C(=CC=CC2OCC[Si]c2cccc(C)c2)C1=O. The van der Waals surface area contributed by atoms with Gasteiger partial charge in [0.2, 0.25) is 0 Å². The van der Waals surface area contributed by atoms with E-state index in [4.69, 9.17) is 4.74 Å². The predicted molar refractivity (Wildman–Crippen MR) is 95.6 cm³/mol. The Morgan fingerprint density at radius 1 is 1.21 bits per heavy atom. The first-order valence-corrected chi connectivity index (χ1v) is 9.34. The van der Waals surface area contributed by atoms with Gasteiger partial charge in [0.05, 0.1) is 21.5 Å². The maximum atomic E-state index is 12.3. The topological polar surface area (TPSA) is 43.4 Å². The van der Waals surface area contributed by atoms with E-state index >= 15 is 0 Å². The third kappa shape index (κ3) is 3.55. The molecule has 1 aromatic carbocycles. The molecule has 4 heteroatoms. The molecule has 2 atom stereocenters. The fraction of sp³-hybridized carbons (Fsp3) is 0.300. The smallest absolute Gasteiger partial charge is 0.185 e. The molecular formula is C20H20O3Si. The molecule has 3 nitrogen and oxygen atoms in total. The third-order valence-electron chi connectivity index (χ3n) is 4.29. The molecule has 0 heterocycles. The van der Waals surface area contributed by atoms with Crippen LogP contribution >= 0.6 is 0 Å². The average Bonchev–Trinajstić information content (AvgIpc) is 2.56. The monoisotopic (exact) mass is 336 g/mol. The Morgan fingerprint density at radius 2 is 2.04 bits per heavy atom. The number of ether oxygens (including phenoxy) is 1. The van der Waals surface area contributed by atoms with Gasteiger partial charge in [-0.3, -0.25) is 9.59 Å². The zero-order valence-electron chi connectivity index (χ0n) is 13.9. The number of benzene rings is 1. The Balaban J connectivity index is 1.58. The van der Waals surface area contributed by atoms with Crippen molar-refractivity contribution in [2.45, 2.75) is 26.0 Å². The number of carbonyl (C=O) groups excluding carboxylic acids is 2. The van der Waals surface area contributed by atoms with E-state index in [-0.39, 0.29) is 17.7 Å². The van der Waals surface area contributed by atoms with Crippen LogP contribution in [0.2, 0.25) is 6.04 Å². The van der Waals surface area contributed by atoms with Gasteiger partial charge in [0, 0.05) is 17.8 Å². The quantitative estimate of drug-likeness (QED) is 0.612. The summed E-state index contributed by atoms with van der Waals surface area (Å²) in [7, 11) is 0.680. The van der Waals surface area contributed by atoms with Crippen LogP contribution in [-0.2, 0) is 14.3 Å². The first-order valence-electron chi connectivity index (χ1n) is 8.13. The van der Waals surface area contributed by atoms with Gasteiger partial charge in [-0.2, -0.15) is 0 Å². The number of fused-ring (bicyclic) bond motifs is 1. The molecule has 0 amide bonds. The maximum Gasteiger partial charge on any atom is 0.185 e. The fourth-order valence-electron chi connectivity index (χ4n) is 3.09. The standard InChI is InChI=1S/C20H20O3Si/c1-13-5-3-6-15(11-13)24-10-9-23-18-8-4-7-16-19(18)17(21)12-14(2)20(16)22/h3-8,11-12,18-19H,9-10H2,1-2H3. The molecule has 1 aromatic rings. The summed E-state index contributed by atoms with van der Waals surface area (Å²) >= 11 is 0. The van der Waals surface area contributed by atoms with Crippen LogP contribution in [0.25, 0.3) is 0 Å². The van der Waals surface area contributed by atoms with Gasteiger partial charge in [-0.05, 0) is 26.0 Å². The summed E-state index contributed by atoms with van der Waals surface area (Å²) in [5, 5.41) is 1.32. The summed E-state index contributed by atoms with van der Waals surface area (Å²) in [5.74, 6) is -0.554. The fourth-order valence-corrected chi connectivity index (χ4v) is 4.14. The first-order chi connectivity index (χ1) is 11.6.